The predicted octanol–water partition coefficient (Wildman–Crippen LogP) is 4.84. The molecular weight excluding hydrogens is 422 g/mol. The Morgan fingerprint density at radius 1 is 1.04 bits per heavy atom. The Morgan fingerprint density at radius 2 is 1.75 bits per heavy atom. The van der Waals surface area contributed by atoms with E-state index in [-0.39, 0.29) is 5.69 Å². The minimum Gasteiger partial charge on any atom is -0.478 e. The SMILES string of the molecule is CCCCOc1ccc(-n2c(=O)n(C)c3c(Br)cccc32)c(OCCCC)n1. The molecule has 0 N–H and O–H groups in total. The highest BCUT2D eigenvalue weighted by Gasteiger charge is 2.19. The Hall–Kier alpha value is -2.28. The Bertz CT molecular complexity index is 1010. The fourth-order valence-corrected chi connectivity index (χ4v) is 3.63. The molecule has 0 saturated heterocycles. The summed E-state index contributed by atoms with van der Waals surface area (Å²) in [6.45, 7) is 5.37. The second-order valence-electron chi connectivity index (χ2n) is 6.66. The summed E-state index contributed by atoms with van der Waals surface area (Å²) in [7, 11) is 1.76. The lowest BCUT2D eigenvalue weighted by Gasteiger charge is -2.13. The fourth-order valence-electron chi connectivity index (χ4n) is 3.01. The van der Waals surface area contributed by atoms with Crippen LogP contribution in [0.1, 0.15) is 39.5 Å². The van der Waals surface area contributed by atoms with Gasteiger partial charge in [0, 0.05) is 17.6 Å². The second-order valence-corrected chi connectivity index (χ2v) is 7.52. The third-order valence-corrected chi connectivity index (χ3v) is 5.20. The Labute approximate surface area is 173 Å². The van der Waals surface area contributed by atoms with Crippen molar-refractivity contribution in [3.63, 3.8) is 0 Å². The number of nitrogens with zero attached hydrogens (tertiary/aromatic N) is 3. The normalized spacial score (nSPS) is 11.1. The first-order valence-corrected chi connectivity index (χ1v) is 10.5. The van der Waals surface area contributed by atoms with Crippen LogP contribution in [0.4, 0.5) is 0 Å². The van der Waals surface area contributed by atoms with Crippen LogP contribution in [-0.4, -0.2) is 27.3 Å². The molecule has 0 saturated carbocycles. The molecule has 0 amide bonds. The van der Waals surface area contributed by atoms with E-state index >= 15 is 0 Å². The maximum Gasteiger partial charge on any atom is 0.333 e. The lowest BCUT2D eigenvalue weighted by molar-refractivity contribution is 0.272. The van der Waals surface area contributed by atoms with Crippen LogP contribution in [0.2, 0.25) is 0 Å². The Kier molecular flexibility index (Phi) is 6.78. The van der Waals surface area contributed by atoms with E-state index in [0.717, 1.165) is 41.2 Å². The van der Waals surface area contributed by atoms with E-state index in [1.807, 2.05) is 24.3 Å². The van der Waals surface area contributed by atoms with Crippen LogP contribution >= 0.6 is 15.9 Å². The molecule has 1 aromatic carbocycles. The molecule has 0 radical (unpaired) electrons. The van der Waals surface area contributed by atoms with Crippen LogP contribution in [0.5, 0.6) is 11.8 Å². The number of halogens is 1. The van der Waals surface area contributed by atoms with Crippen LogP contribution < -0.4 is 15.2 Å². The highest BCUT2D eigenvalue weighted by atomic mass is 79.9. The predicted molar refractivity (Wildman–Crippen MR) is 115 cm³/mol. The molecule has 28 heavy (non-hydrogen) atoms. The van der Waals surface area contributed by atoms with Gasteiger partial charge in [0.05, 0.1) is 24.2 Å². The van der Waals surface area contributed by atoms with Crippen LogP contribution in [0, 0.1) is 0 Å². The van der Waals surface area contributed by atoms with Crippen molar-refractivity contribution in [2.75, 3.05) is 13.2 Å². The van der Waals surface area contributed by atoms with Gasteiger partial charge < -0.3 is 9.47 Å². The number of aryl methyl sites for hydroxylation is 1. The van der Waals surface area contributed by atoms with Gasteiger partial charge in [0.25, 0.3) is 0 Å². The fraction of sp³-hybridized carbons (Fsp3) is 0.429. The molecular formula is C21H26BrN3O3. The lowest BCUT2D eigenvalue weighted by atomic mass is 10.3. The van der Waals surface area contributed by atoms with Gasteiger partial charge in [-0.15, -0.1) is 0 Å². The molecule has 0 unspecified atom stereocenters. The summed E-state index contributed by atoms with van der Waals surface area (Å²) >= 11 is 3.54. The monoisotopic (exact) mass is 447 g/mol. The van der Waals surface area contributed by atoms with Gasteiger partial charge in [-0.3, -0.25) is 9.13 Å². The number of para-hydroxylation sites is 1. The largest absolute Gasteiger partial charge is 0.478 e. The van der Waals surface area contributed by atoms with Gasteiger partial charge in [0.15, 0.2) is 0 Å². The second kappa shape index (κ2) is 9.28. The van der Waals surface area contributed by atoms with E-state index < -0.39 is 0 Å². The van der Waals surface area contributed by atoms with Gasteiger partial charge >= 0.3 is 5.69 Å². The minimum atomic E-state index is -0.149. The summed E-state index contributed by atoms with van der Waals surface area (Å²) in [6.07, 6.45) is 3.95. The van der Waals surface area contributed by atoms with Crippen LogP contribution in [0.15, 0.2) is 39.6 Å². The summed E-state index contributed by atoms with van der Waals surface area (Å²) in [5.74, 6) is 0.926. The maximum atomic E-state index is 13.0. The summed E-state index contributed by atoms with van der Waals surface area (Å²) < 4.78 is 15.8. The summed E-state index contributed by atoms with van der Waals surface area (Å²) in [6, 6.07) is 9.39. The van der Waals surface area contributed by atoms with Crippen molar-refractivity contribution in [3.8, 4) is 17.4 Å². The summed E-state index contributed by atoms with van der Waals surface area (Å²) in [5, 5.41) is 0. The molecule has 0 aliphatic carbocycles. The Morgan fingerprint density at radius 3 is 2.46 bits per heavy atom. The van der Waals surface area contributed by atoms with Crippen LogP contribution in [0.25, 0.3) is 16.7 Å². The van der Waals surface area contributed by atoms with E-state index in [1.54, 1.807) is 22.2 Å². The van der Waals surface area contributed by atoms with E-state index in [2.05, 4.69) is 34.8 Å². The first-order chi connectivity index (χ1) is 13.6. The topological polar surface area (TPSA) is 58.3 Å². The Balaban J connectivity index is 2.10. The number of hydrogen-bond donors (Lipinski definition) is 0. The molecule has 0 aliphatic heterocycles. The highest BCUT2D eigenvalue weighted by molar-refractivity contribution is 9.10. The van der Waals surface area contributed by atoms with Gasteiger partial charge in [-0.05, 0) is 47.0 Å². The summed E-state index contributed by atoms with van der Waals surface area (Å²) in [4.78, 5) is 17.6. The molecule has 3 rings (SSSR count). The van der Waals surface area contributed by atoms with Gasteiger partial charge in [-0.2, -0.15) is 4.98 Å². The van der Waals surface area contributed by atoms with Gasteiger partial charge in [-0.1, -0.05) is 32.8 Å². The zero-order valence-electron chi connectivity index (χ0n) is 16.6. The van der Waals surface area contributed by atoms with Gasteiger partial charge in [0.2, 0.25) is 11.8 Å². The average Bonchev–Trinajstić information content (AvgIpc) is 2.94. The standard InChI is InChI=1S/C21H26BrN3O3/c1-4-6-13-27-18-12-11-17(20(23-18)28-14-7-5-2)25-16-10-8-9-15(22)19(16)24(3)21(25)26/h8-12H,4-7,13-14H2,1-3H3. The number of ether oxygens (including phenoxy) is 2. The van der Waals surface area contributed by atoms with Crippen molar-refractivity contribution >= 4 is 27.0 Å². The zero-order chi connectivity index (χ0) is 20.1. The summed E-state index contributed by atoms with van der Waals surface area (Å²) in [5.41, 5.74) is 2.09. The van der Waals surface area contributed by atoms with Crippen molar-refractivity contribution in [2.24, 2.45) is 7.05 Å². The van der Waals surface area contributed by atoms with Gasteiger partial charge in [0.1, 0.15) is 5.69 Å². The molecule has 0 bridgehead atoms. The maximum absolute atomic E-state index is 13.0. The molecule has 0 aliphatic rings. The number of rotatable bonds is 9. The molecule has 2 aromatic heterocycles. The molecule has 0 fully saturated rings. The molecule has 0 atom stereocenters. The van der Waals surface area contributed by atoms with E-state index in [1.165, 1.54) is 0 Å². The molecule has 7 heteroatoms. The van der Waals surface area contributed by atoms with E-state index in [0.29, 0.717) is 30.7 Å². The van der Waals surface area contributed by atoms with Crippen molar-refractivity contribution < 1.29 is 9.47 Å². The first-order valence-electron chi connectivity index (χ1n) is 9.71. The number of imidazole rings is 1. The van der Waals surface area contributed by atoms with Crippen molar-refractivity contribution in [1.29, 1.82) is 0 Å². The zero-order valence-corrected chi connectivity index (χ0v) is 18.2. The average molecular weight is 448 g/mol. The van der Waals surface area contributed by atoms with Gasteiger partial charge in [-0.25, -0.2) is 4.79 Å². The number of benzene rings is 1. The van der Waals surface area contributed by atoms with Crippen molar-refractivity contribution in [2.45, 2.75) is 39.5 Å². The van der Waals surface area contributed by atoms with Crippen molar-refractivity contribution in [3.05, 3.63) is 45.3 Å². The quantitative estimate of drug-likeness (QED) is 0.440. The number of pyridine rings is 1. The number of unbranched alkanes of at least 4 members (excludes halogenated alkanes) is 2. The van der Waals surface area contributed by atoms with Crippen LogP contribution in [0.3, 0.4) is 0 Å². The van der Waals surface area contributed by atoms with Crippen molar-refractivity contribution in [1.82, 2.24) is 14.1 Å². The smallest absolute Gasteiger partial charge is 0.333 e. The molecule has 150 valence electrons. The first kappa shape index (κ1) is 20.5. The highest BCUT2D eigenvalue weighted by Crippen LogP contribution is 2.29. The third-order valence-electron chi connectivity index (χ3n) is 4.56. The minimum absolute atomic E-state index is 0.149. The molecule has 0 spiro atoms. The number of aromatic nitrogens is 3. The molecule has 3 aromatic rings. The van der Waals surface area contributed by atoms with E-state index in [4.69, 9.17) is 9.47 Å². The molecule has 2 heterocycles. The van der Waals surface area contributed by atoms with E-state index in [9.17, 15) is 4.79 Å². The third kappa shape index (κ3) is 4.09. The number of hydrogen-bond acceptors (Lipinski definition) is 4. The number of fused-ring (bicyclic) bond motifs is 1. The molecule has 6 nitrogen and oxygen atoms in total. The van der Waals surface area contributed by atoms with Crippen LogP contribution in [-0.2, 0) is 7.05 Å². The lowest BCUT2D eigenvalue weighted by Crippen LogP contribution is -2.22.